The van der Waals surface area contributed by atoms with Gasteiger partial charge in [-0.1, -0.05) is 0 Å². The lowest BCUT2D eigenvalue weighted by Gasteiger charge is -2.46. The normalized spacial score (nSPS) is 31.8. The van der Waals surface area contributed by atoms with Crippen LogP contribution in [0.1, 0.15) is 6.42 Å². The fraction of sp³-hybridized carbons (Fsp3) is 0.538. The van der Waals surface area contributed by atoms with E-state index >= 15 is 0 Å². The smallest absolute Gasteiger partial charge is 0.341 e. The lowest BCUT2D eigenvalue weighted by molar-refractivity contribution is 0.00537. The highest BCUT2D eigenvalue weighted by Crippen LogP contribution is 2.39. The molecule has 0 aromatic heterocycles. The summed E-state index contributed by atoms with van der Waals surface area (Å²) in [6.45, 7) is 0.701. The summed E-state index contributed by atoms with van der Waals surface area (Å²) in [7, 11) is -4.55. The number of fused-ring (bicyclic) bond motifs is 1. The van der Waals surface area contributed by atoms with Gasteiger partial charge < -0.3 is 15.8 Å². The number of hydrogen-bond acceptors (Lipinski definition) is 5. The first-order valence-electron chi connectivity index (χ1n) is 6.67. The maximum atomic E-state index is 12.4. The quantitative estimate of drug-likeness (QED) is 0.872. The summed E-state index contributed by atoms with van der Waals surface area (Å²) in [6, 6.07) is 5.22. The molecule has 0 radical (unpaired) electrons. The van der Waals surface area contributed by atoms with E-state index in [2.05, 4.69) is 5.32 Å². The van der Waals surface area contributed by atoms with Crippen molar-refractivity contribution in [2.24, 2.45) is 11.7 Å². The summed E-state index contributed by atoms with van der Waals surface area (Å²) in [6.07, 6.45) is 1.03. The molecule has 1 heterocycles. The van der Waals surface area contributed by atoms with E-state index in [4.69, 9.17) is 10.5 Å². The number of rotatable bonds is 4. The summed E-state index contributed by atoms with van der Waals surface area (Å²) in [5.41, 5.74) is 6.69. The molecule has 1 aliphatic carbocycles. The van der Waals surface area contributed by atoms with E-state index in [9.17, 15) is 17.2 Å². The third-order valence-electron chi connectivity index (χ3n) is 4.20. The Labute approximate surface area is 121 Å². The number of alkyl halides is 2. The largest absolute Gasteiger partial charge is 0.378 e. The van der Waals surface area contributed by atoms with Gasteiger partial charge in [-0.2, -0.15) is 8.78 Å². The van der Waals surface area contributed by atoms with Crippen molar-refractivity contribution in [3.8, 4) is 0 Å². The van der Waals surface area contributed by atoms with Gasteiger partial charge in [0.1, 0.15) is 0 Å². The number of benzene rings is 1. The first-order chi connectivity index (χ1) is 9.91. The van der Waals surface area contributed by atoms with E-state index < -0.39 is 20.5 Å². The van der Waals surface area contributed by atoms with Gasteiger partial charge in [0.25, 0.3) is 0 Å². The Morgan fingerprint density at radius 2 is 1.95 bits per heavy atom. The van der Waals surface area contributed by atoms with E-state index in [-0.39, 0.29) is 18.2 Å². The lowest BCUT2D eigenvalue weighted by Crippen LogP contribution is -2.65. The fourth-order valence-corrected chi connectivity index (χ4v) is 3.69. The molecule has 0 amide bonds. The molecular weight excluding hydrogens is 302 g/mol. The van der Waals surface area contributed by atoms with Crippen LogP contribution >= 0.6 is 0 Å². The third-order valence-corrected chi connectivity index (χ3v) is 5.60. The first kappa shape index (κ1) is 14.7. The Hall–Kier alpha value is -1.25. The predicted molar refractivity (Wildman–Crippen MR) is 72.9 cm³/mol. The number of hydrogen-bond donors (Lipinski definition) is 2. The summed E-state index contributed by atoms with van der Waals surface area (Å²) in [4.78, 5) is -0.393. The molecule has 2 fully saturated rings. The number of ether oxygens (including phenoxy) is 1. The van der Waals surface area contributed by atoms with E-state index in [1.165, 1.54) is 24.3 Å². The van der Waals surface area contributed by atoms with Crippen molar-refractivity contribution in [2.45, 2.75) is 35.3 Å². The van der Waals surface area contributed by atoms with Crippen LogP contribution < -0.4 is 11.1 Å². The van der Waals surface area contributed by atoms with Crippen molar-refractivity contribution in [1.82, 2.24) is 0 Å². The van der Waals surface area contributed by atoms with Crippen LogP contribution in [-0.2, 0) is 14.6 Å². The number of nitrogens with one attached hydrogen (secondary N) is 1. The molecular formula is C13H16F2N2O3S. The Morgan fingerprint density at radius 3 is 2.57 bits per heavy atom. The topological polar surface area (TPSA) is 81.4 Å². The molecule has 1 aromatic carbocycles. The third kappa shape index (κ3) is 2.41. The fourth-order valence-electron chi connectivity index (χ4n) is 2.96. The van der Waals surface area contributed by atoms with Crippen molar-refractivity contribution < 1.29 is 21.9 Å². The standard InChI is InChI=1S/C13H16F2N2O3S/c14-13(15)21(18,19)8-3-1-7(2-4-8)17-11-10(16)9-5-6-20-12(9)11/h1-4,9-13,17H,5-6,16H2. The molecule has 8 heteroatoms. The molecule has 0 bridgehead atoms. The lowest BCUT2D eigenvalue weighted by atomic mass is 9.72. The van der Waals surface area contributed by atoms with Gasteiger partial charge in [-0.3, -0.25) is 0 Å². The Balaban J connectivity index is 1.71. The first-order valence-corrected chi connectivity index (χ1v) is 8.22. The molecule has 3 N–H and O–H groups in total. The van der Waals surface area contributed by atoms with Gasteiger partial charge in [0.2, 0.25) is 9.84 Å². The molecule has 5 nitrogen and oxygen atoms in total. The van der Waals surface area contributed by atoms with Crippen LogP contribution in [0.5, 0.6) is 0 Å². The second-order valence-corrected chi connectivity index (χ2v) is 7.28. The van der Waals surface area contributed by atoms with Crippen molar-refractivity contribution in [3.63, 3.8) is 0 Å². The number of halogens is 2. The van der Waals surface area contributed by atoms with Crippen LogP contribution in [-0.4, -0.2) is 39.0 Å². The van der Waals surface area contributed by atoms with E-state index in [1.54, 1.807) is 0 Å². The molecule has 1 aliphatic heterocycles. The molecule has 2 aliphatic rings. The van der Waals surface area contributed by atoms with Gasteiger partial charge in [0.05, 0.1) is 17.0 Å². The van der Waals surface area contributed by atoms with Crippen LogP contribution in [0.2, 0.25) is 0 Å². The summed E-state index contributed by atoms with van der Waals surface area (Å²) < 4.78 is 53.1. The van der Waals surface area contributed by atoms with Crippen LogP contribution in [0.3, 0.4) is 0 Å². The Morgan fingerprint density at radius 1 is 1.29 bits per heavy atom. The molecule has 1 saturated heterocycles. The van der Waals surface area contributed by atoms with Crippen molar-refractivity contribution in [1.29, 1.82) is 0 Å². The van der Waals surface area contributed by atoms with E-state index in [1.807, 2.05) is 0 Å². The molecule has 21 heavy (non-hydrogen) atoms. The zero-order chi connectivity index (χ0) is 15.2. The minimum Gasteiger partial charge on any atom is -0.378 e. The van der Waals surface area contributed by atoms with Crippen LogP contribution in [0.15, 0.2) is 29.2 Å². The van der Waals surface area contributed by atoms with Crippen molar-refractivity contribution >= 4 is 15.5 Å². The van der Waals surface area contributed by atoms with Gasteiger partial charge in [-0.15, -0.1) is 0 Å². The predicted octanol–water partition coefficient (Wildman–Crippen LogP) is 1.21. The molecule has 1 aromatic rings. The maximum Gasteiger partial charge on any atom is 0.341 e. The Bertz CT molecular complexity index is 621. The van der Waals surface area contributed by atoms with E-state index in [0.29, 0.717) is 18.2 Å². The minimum atomic E-state index is -4.55. The van der Waals surface area contributed by atoms with Gasteiger partial charge in [-0.25, -0.2) is 8.42 Å². The molecule has 0 spiro atoms. The SMILES string of the molecule is NC1C2CCOC2C1Nc1ccc(S(=O)(=O)C(F)F)cc1. The zero-order valence-electron chi connectivity index (χ0n) is 11.1. The average Bonchev–Trinajstić information content (AvgIpc) is 2.90. The van der Waals surface area contributed by atoms with Gasteiger partial charge >= 0.3 is 5.76 Å². The highest BCUT2D eigenvalue weighted by atomic mass is 32.2. The summed E-state index contributed by atoms with van der Waals surface area (Å²) in [5, 5.41) is 3.18. The van der Waals surface area contributed by atoms with Gasteiger partial charge in [0, 0.05) is 24.3 Å². The molecule has 116 valence electrons. The van der Waals surface area contributed by atoms with Crippen LogP contribution in [0.25, 0.3) is 0 Å². The zero-order valence-corrected chi connectivity index (χ0v) is 11.9. The second kappa shape index (κ2) is 5.19. The van der Waals surface area contributed by atoms with Crippen molar-refractivity contribution in [2.75, 3.05) is 11.9 Å². The number of sulfone groups is 1. The molecule has 4 unspecified atom stereocenters. The minimum absolute atomic E-state index is 0.0121. The highest BCUT2D eigenvalue weighted by molar-refractivity contribution is 7.91. The Kier molecular flexibility index (Phi) is 3.62. The average molecular weight is 318 g/mol. The highest BCUT2D eigenvalue weighted by Gasteiger charge is 2.52. The van der Waals surface area contributed by atoms with Gasteiger partial charge in [-0.05, 0) is 30.7 Å². The van der Waals surface area contributed by atoms with Crippen LogP contribution in [0, 0.1) is 5.92 Å². The number of anilines is 1. The second-order valence-electron chi connectivity index (χ2n) is 5.37. The summed E-state index contributed by atoms with van der Waals surface area (Å²) >= 11 is 0. The monoisotopic (exact) mass is 318 g/mol. The van der Waals surface area contributed by atoms with Crippen molar-refractivity contribution in [3.05, 3.63) is 24.3 Å². The molecule has 1 saturated carbocycles. The van der Waals surface area contributed by atoms with E-state index in [0.717, 1.165) is 6.42 Å². The maximum absolute atomic E-state index is 12.4. The molecule has 3 rings (SSSR count). The molecule has 4 atom stereocenters. The number of nitrogens with two attached hydrogens (primary N) is 1. The van der Waals surface area contributed by atoms with Crippen LogP contribution in [0.4, 0.5) is 14.5 Å². The van der Waals surface area contributed by atoms with Gasteiger partial charge in [0.15, 0.2) is 0 Å². The summed E-state index contributed by atoms with van der Waals surface area (Å²) in [5.74, 6) is -3.05.